The third-order valence-electron chi connectivity index (χ3n) is 3.69. The van der Waals surface area contributed by atoms with Gasteiger partial charge in [0.2, 0.25) is 11.8 Å². The highest BCUT2D eigenvalue weighted by Crippen LogP contribution is 2.25. The molecule has 1 aromatic heterocycles. The largest absolute Gasteiger partial charge is 0.438 e. The number of aromatic nitrogens is 1. The zero-order valence-corrected chi connectivity index (χ0v) is 14.7. The molecular formula is C19H25N3O2. The maximum absolute atomic E-state index is 12.2. The highest BCUT2D eigenvalue weighted by Gasteiger charge is 2.15. The van der Waals surface area contributed by atoms with Crippen LogP contribution in [0.4, 0.5) is 0 Å². The summed E-state index contributed by atoms with van der Waals surface area (Å²) in [6.07, 6.45) is 1.69. The first-order chi connectivity index (χ1) is 11.5. The summed E-state index contributed by atoms with van der Waals surface area (Å²) in [5.74, 6) is 1.24. The van der Waals surface area contributed by atoms with Gasteiger partial charge in [-0.1, -0.05) is 31.2 Å². The van der Waals surface area contributed by atoms with Crippen LogP contribution in [0.1, 0.15) is 18.1 Å². The molecule has 0 aliphatic carbocycles. The van der Waals surface area contributed by atoms with E-state index in [0.717, 1.165) is 16.9 Å². The van der Waals surface area contributed by atoms with Gasteiger partial charge in [0.1, 0.15) is 5.75 Å². The van der Waals surface area contributed by atoms with E-state index in [1.54, 1.807) is 6.20 Å². The van der Waals surface area contributed by atoms with E-state index in [1.165, 1.54) is 0 Å². The van der Waals surface area contributed by atoms with Crippen molar-refractivity contribution in [1.82, 2.24) is 15.2 Å². The Balaban J connectivity index is 2.04. The normalized spacial score (nSPS) is 12.0. The molecule has 1 heterocycles. The number of carbonyl (C=O) groups is 1. The molecule has 1 atom stereocenters. The van der Waals surface area contributed by atoms with Crippen molar-refractivity contribution in [2.45, 2.75) is 20.4 Å². The molecule has 128 valence electrons. The van der Waals surface area contributed by atoms with Crippen LogP contribution in [0.3, 0.4) is 0 Å². The average Bonchev–Trinajstić information content (AvgIpc) is 2.55. The molecule has 1 amide bonds. The predicted octanol–water partition coefficient (Wildman–Crippen LogP) is 3.00. The summed E-state index contributed by atoms with van der Waals surface area (Å²) in [4.78, 5) is 18.5. The second kappa shape index (κ2) is 8.45. The summed E-state index contributed by atoms with van der Waals surface area (Å²) >= 11 is 0. The summed E-state index contributed by atoms with van der Waals surface area (Å²) < 4.78 is 5.93. The first kappa shape index (κ1) is 17.9. The molecule has 0 spiro atoms. The molecule has 2 rings (SSSR count). The van der Waals surface area contributed by atoms with Gasteiger partial charge >= 0.3 is 0 Å². The Bertz CT molecular complexity index is 686. The van der Waals surface area contributed by atoms with E-state index in [9.17, 15) is 4.79 Å². The first-order valence-corrected chi connectivity index (χ1v) is 8.07. The topological polar surface area (TPSA) is 54.5 Å². The Hall–Kier alpha value is -2.40. The van der Waals surface area contributed by atoms with Gasteiger partial charge in [-0.2, -0.15) is 0 Å². The fourth-order valence-corrected chi connectivity index (χ4v) is 2.41. The fraction of sp³-hybridized carbons (Fsp3) is 0.368. The van der Waals surface area contributed by atoms with Crippen molar-refractivity contribution in [2.75, 3.05) is 20.6 Å². The van der Waals surface area contributed by atoms with Crippen molar-refractivity contribution in [1.29, 1.82) is 0 Å². The van der Waals surface area contributed by atoms with Gasteiger partial charge in [-0.25, -0.2) is 4.98 Å². The Morgan fingerprint density at radius 1 is 1.25 bits per heavy atom. The Morgan fingerprint density at radius 2 is 2.00 bits per heavy atom. The highest BCUT2D eigenvalue weighted by atomic mass is 16.5. The maximum Gasteiger partial charge on any atom is 0.224 e. The molecule has 0 unspecified atom stereocenters. The Kier molecular flexibility index (Phi) is 6.32. The van der Waals surface area contributed by atoms with Gasteiger partial charge in [-0.05, 0) is 38.7 Å². The lowest BCUT2D eigenvalue weighted by atomic mass is 10.1. The highest BCUT2D eigenvalue weighted by molar-refractivity contribution is 5.78. The van der Waals surface area contributed by atoms with Crippen LogP contribution in [-0.2, 0) is 11.3 Å². The van der Waals surface area contributed by atoms with Gasteiger partial charge in [0.15, 0.2) is 0 Å². The second-order valence-corrected chi connectivity index (χ2v) is 6.22. The van der Waals surface area contributed by atoms with E-state index in [4.69, 9.17) is 4.74 Å². The number of rotatable bonds is 7. The minimum Gasteiger partial charge on any atom is -0.438 e. The standard InChI is InChI=1S/C19H25N3O2/c1-14-8-5-6-10-17(14)24-19-16(9-7-11-20-19)12-21-18(23)15(2)13-22(3)4/h5-11,15H,12-13H2,1-4H3,(H,21,23)/t15-/m1/s1. The number of hydrogen-bond acceptors (Lipinski definition) is 4. The van der Waals surface area contributed by atoms with Crippen LogP contribution in [0.25, 0.3) is 0 Å². The van der Waals surface area contributed by atoms with Crippen LogP contribution in [0.15, 0.2) is 42.6 Å². The summed E-state index contributed by atoms with van der Waals surface area (Å²) in [6.45, 7) is 5.02. The number of pyridine rings is 1. The minimum absolute atomic E-state index is 0.0226. The molecule has 0 bridgehead atoms. The van der Waals surface area contributed by atoms with E-state index in [-0.39, 0.29) is 11.8 Å². The van der Waals surface area contributed by atoms with Crippen molar-refractivity contribution in [2.24, 2.45) is 5.92 Å². The number of benzene rings is 1. The summed E-state index contributed by atoms with van der Waals surface area (Å²) in [5.41, 5.74) is 1.89. The van der Waals surface area contributed by atoms with Gasteiger partial charge < -0.3 is 15.0 Å². The van der Waals surface area contributed by atoms with Crippen LogP contribution in [0.2, 0.25) is 0 Å². The molecule has 1 aromatic carbocycles. The smallest absolute Gasteiger partial charge is 0.224 e. The van der Waals surface area contributed by atoms with Crippen molar-refractivity contribution in [3.63, 3.8) is 0 Å². The Labute approximate surface area is 143 Å². The summed E-state index contributed by atoms with van der Waals surface area (Å²) in [5, 5.41) is 2.96. The van der Waals surface area contributed by atoms with Crippen LogP contribution in [0, 0.1) is 12.8 Å². The molecule has 0 aliphatic rings. The average molecular weight is 327 g/mol. The zero-order chi connectivity index (χ0) is 17.5. The van der Waals surface area contributed by atoms with Crippen LogP contribution in [-0.4, -0.2) is 36.4 Å². The Morgan fingerprint density at radius 3 is 2.71 bits per heavy atom. The fourth-order valence-electron chi connectivity index (χ4n) is 2.41. The van der Waals surface area contributed by atoms with Gasteiger partial charge in [-0.3, -0.25) is 4.79 Å². The van der Waals surface area contributed by atoms with Crippen molar-refractivity contribution >= 4 is 5.91 Å². The van der Waals surface area contributed by atoms with E-state index in [0.29, 0.717) is 19.0 Å². The third-order valence-corrected chi connectivity index (χ3v) is 3.69. The third kappa shape index (κ3) is 5.06. The summed E-state index contributed by atoms with van der Waals surface area (Å²) in [6, 6.07) is 11.5. The molecule has 0 saturated carbocycles. The first-order valence-electron chi connectivity index (χ1n) is 8.07. The monoisotopic (exact) mass is 327 g/mol. The lowest BCUT2D eigenvalue weighted by Gasteiger charge is -2.17. The zero-order valence-electron chi connectivity index (χ0n) is 14.7. The number of hydrogen-bond donors (Lipinski definition) is 1. The molecule has 5 nitrogen and oxygen atoms in total. The predicted molar refractivity (Wildman–Crippen MR) is 95.1 cm³/mol. The van der Waals surface area contributed by atoms with E-state index in [1.807, 2.05) is 69.2 Å². The molecular weight excluding hydrogens is 302 g/mol. The van der Waals surface area contributed by atoms with Crippen molar-refractivity contribution in [3.8, 4) is 11.6 Å². The number of para-hydroxylation sites is 1. The molecule has 2 aromatic rings. The van der Waals surface area contributed by atoms with E-state index < -0.39 is 0 Å². The lowest BCUT2D eigenvalue weighted by Crippen LogP contribution is -2.34. The van der Waals surface area contributed by atoms with Crippen LogP contribution >= 0.6 is 0 Å². The molecule has 0 fully saturated rings. The minimum atomic E-state index is -0.0718. The number of carbonyl (C=O) groups excluding carboxylic acids is 1. The molecule has 24 heavy (non-hydrogen) atoms. The van der Waals surface area contributed by atoms with Gasteiger partial charge in [0, 0.05) is 30.8 Å². The lowest BCUT2D eigenvalue weighted by molar-refractivity contribution is -0.125. The van der Waals surface area contributed by atoms with Crippen molar-refractivity contribution < 1.29 is 9.53 Å². The maximum atomic E-state index is 12.2. The molecule has 0 aliphatic heterocycles. The van der Waals surface area contributed by atoms with Crippen LogP contribution < -0.4 is 10.1 Å². The number of amides is 1. The van der Waals surface area contributed by atoms with E-state index >= 15 is 0 Å². The van der Waals surface area contributed by atoms with Gasteiger partial charge in [-0.15, -0.1) is 0 Å². The summed E-state index contributed by atoms with van der Waals surface area (Å²) in [7, 11) is 3.91. The SMILES string of the molecule is Cc1ccccc1Oc1ncccc1CNC(=O)[C@H](C)CN(C)C. The molecule has 5 heteroatoms. The van der Waals surface area contributed by atoms with Crippen LogP contribution in [0.5, 0.6) is 11.6 Å². The quantitative estimate of drug-likeness (QED) is 0.849. The van der Waals surface area contributed by atoms with Gasteiger partial charge in [0.25, 0.3) is 0 Å². The number of aryl methyl sites for hydroxylation is 1. The van der Waals surface area contributed by atoms with E-state index in [2.05, 4.69) is 10.3 Å². The number of nitrogens with one attached hydrogen (secondary N) is 1. The number of ether oxygens (including phenoxy) is 1. The molecule has 0 radical (unpaired) electrons. The number of nitrogens with zero attached hydrogens (tertiary/aromatic N) is 2. The van der Waals surface area contributed by atoms with Crippen molar-refractivity contribution in [3.05, 3.63) is 53.7 Å². The van der Waals surface area contributed by atoms with Gasteiger partial charge in [0.05, 0.1) is 0 Å². The molecule has 1 N–H and O–H groups in total. The second-order valence-electron chi connectivity index (χ2n) is 6.22. The molecule has 0 saturated heterocycles.